The number of halogens is 1. The Morgan fingerprint density at radius 1 is 1.47 bits per heavy atom. The summed E-state index contributed by atoms with van der Waals surface area (Å²) in [7, 11) is 0. The first kappa shape index (κ1) is 12.4. The average Bonchev–Trinajstić information content (AvgIpc) is 2.20. The van der Waals surface area contributed by atoms with E-state index in [9.17, 15) is 0 Å². The summed E-state index contributed by atoms with van der Waals surface area (Å²) < 4.78 is 0. The molecule has 15 heavy (non-hydrogen) atoms. The third kappa shape index (κ3) is 4.15. The topological polar surface area (TPSA) is 23.8 Å². The predicted octanol–water partition coefficient (Wildman–Crippen LogP) is 4.10. The van der Waals surface area contributed by atoms with Gasteiger partial charge in [0.25, 0.3) is 0 Å². The second kappa shape index (κ2) is 6.05. The predicted molar refractivity (Wildman–Crippen MR) is 67.2 cm³/mol. The van der Waals surface area contributed by atoms with Crippen LogP contribution in [0.2, 0.25) is 5.02 Å². The lowest BCUT2D eigenvalue weighted by molar-refractivity contribution is 0.750. The smallest absolute Gasteiger partial charge is 0.0992 e. The molecule has 0 heterocycles. The summed E-state index contributed by atoms with van der Waals surface area (Å²) in [6, 6.07) is 7.56. The molecule has 0 atom stereocenters. The third-order valence-corrected chi connectivity index (χ3v) is 3.66. The Kier molecular flexibility index (Phi) is 5.01. The summed E-state index contributed by atoms with van der Waals surface area (Å²) in [4.78, 5) is 0. The Labute approximate surface area is 100 Å². The fourth-order valence-electron chi connectivity index (χ4n) is 1.14. The van der Waals surface area contributed by atoms with E-state index in [1.54, 1.807) is 6.07 Å². The molecular formula is C12H14ClNS. The molecule has 0 aromatic heterocycles. The molecule has 0 unspecified atom stereocenters. The summed E-state index contributed by atoms with van der Waals surface area (Å²) in [6.45, 7) is 4.40. The number of rotatable bonds is 4. The zero-order chi connectivity index (χ0) is 11.3. The van der Waals surface area contributed by atoms with Crippen LogP contribution in [0.1, 0.15) is 25.0 Å². The van der Waals surface area contributed by atoms with Gasteiger partial charge in [-0.2, -0.15) is 17.0 Å². The number of benzene rings is 1. The van der Waals surface area contributed by atoms with Gasteiger partial charge in [-0.3, -0.25) is 0 Å². The summed E-state index contributed by atoms with van der Waals surface area (Å²) >= 11 is 7.93. The van der Waals surface area contributed by atoms with E-state index in [2.05, 4.69) is 19.9 Å². The van der Waals surface area contributed by atoms with Crippen molar-refractivity contribution < 1.29 is 0 Å². The zero-order valence-corrected chi connectivity index (χ0v) is 10.5. The van der Waals surface area contributed by atoms with Gasteiger partial charge in [-0.05, 0) is 29.4 Å². The first-order valence-electron chi connectivity index (χ1n) is 4.89. The quantitative estimate of drug-likeness (QED) is 0.790. The van der Waals surface area contributed by atoms with Crippen molar-refractivity contribution in [3.05, 3.63) is 34.3 Å². The SMILES string of the molecule is CC(C)CSCc1ccc(C#N)cc1Cl. The Hall–Kier alpha value is -0.650. The summed E-state index contributed by atoms with van der Waals surface area (Å²) in [6.07, 6.45) is 0. The van der Waals surface area contributed by atoms with Gasteiger partial charge in [0.2, 0.25) is 0 Å². The maximum atomic E-state index is 8.69. The lowest BCUT2D eigenvalue weighted by Gasteiger charge is -2.06. The van der Waals surface area contributed by atoms with Gasteiger partial charge in [0.1, 0.15) is 0 Å². The highest BCUT2D eigenvalue weighted by molar-refractivity contribution is 7.98. The Bertz CT molecular complexity index is 368. The van der Waals surface area contributed by atoms with Crippen LogP contribution in [0, 0.1) is 17.2 Å². The van der Waals surface area contributed by atoms with Crippen molar-refractivity contribution in [1.82, 2.24) is 0 Å². The zero-order valence-electron chi connectivity index (χ0n) is 8.96. The molecule has 0 saturated heterocycles. The highest BCUT2D eigenvalue weighted by Crippen LogP contribution is 2.23. The monoisotopic (exact) mass is 239 g/mol. The molecule has 1 rings (SSSR count). The van der Waals surface area contributed by atoms with Crippen LogP contribution in [0.25, 0.3) is 0 Å². The molecule has 1 aromatic rings. The molecule has 0 aliphatic heterocycles. The van der Waals surface area contributed by atoms with E-state index in [0.29, 0.717) is 16.5 Å². The van der Waals surface area contributed by atoms with E-state index < -0.39 is 0 Å². The minimum absolute atomic E-state index is 0.623. The van der Waals surface area contributed by atoms with Crippen LogP contribution >= 0.6 is 23.4 Å². The van der Waals surface area contributed by atoms with Crippen molar-refractivity contribution in [2.75, 3.05) is 5.75 Å². The van der Waals surface area contributed by atoms with E-state index in [4.69, 9.17) is 16.9 Å². The van der Waals surface area contributed by atoms with Gasteiger partial charge in [-0.15, -0.1) is 0 Å². The molecule has 80 valence electrons. The van der Waals surface area contributed by atoms with Gasteiger partial charge >= 0.3 is 0 Å². The summed E-state index contributed by atoms with van der Waals surface area (Å²) in [5.41, 5.74) is 1.74. The van der Waals surface area contributed by atoms with Crippen LogP contribution in [0.15, 0.2) is 18.2 Å². The van der Waals surface area contributed by atoms with Crippen LogP contribution in [-0.4, -0.2) is 5.75 Å². The average molecular weight is 240 g/mol. The van der Waals surface area contributed by atoms with E-state index >= 15 is 0 Å². The van der Waals surface area contributed by atoms with Crippen molar-refractivity contribution in [3.63, 3.8) is 0 Å². The van der Waals surface area contributed by atoms with Gasteiger partial charge in [0.15, 0.2) is 0 Å². The first-order valence-corrected chi connectivity index (χ1v) is 6.43. The number of nitriles is 1. The molecule has 0 aliphatic carbocycles. The number of thioether (sulfide) groups is 1. The second-order valence-corrected chi connectivity index (χ2v) is 5.26. The summed E-state index contributed by atoms with van der Waals surface area (Å²) in [5.74, 6) is 2.76. The molecule has 0 amide bonds. The van der Waals surface area contributed by atoms with Gasteiger partial charge in [0.05, 0.1) is 11.6 Å². The lowest BCUT2D eigenvalue weighted by Crippen LogP contribution is -1.92. The molecular weight excluding hydrogens is 226 g/mol. The molecule has 0 aliphatic rings. The number of hydrogen-bond acceptors (Lipinski definition) is 2. The van der Waals surface area contributed by atoms with Crippen LogP contribution in [-0.2, 0) is 5.75 Å². The van der Waals surface area contributed by atoms with Crippen molar-refractivity contribution in [1.29, 1.82) is 5.26 Å². The molecule has 3 heteroatoms. The molecule has 1 aromatic carbocycles. The minimum atomic E-state index is 0.623. The van der Waals surface area contributed by atoms with Gasteiger partial charge < -0.3 is 0 Å². The Morgan fingerprint density at radius 2 is 2.20 bits per heavy atom. The molecule has 0 saturated carbocycles. The van der Waals surface area contributed by atoms with Crippen LogP contribution in [0.4, 0.5) is 0 Å². The normalized spacial score (nSPS) is 10.3. The minimum Gasteiger partial charge on any atom is -0.192 e. The van der Waals surface area contributed by atoms with E-state index in [1.165, 1.54) is 0 Å². The van der Waals surface area contributed by atoms with Crippen LogP contribution in [0.3, 0.4) is 0 Å². The van der Waals surface area contributed by atoms with Gasteiger partial charge in [-0.1, -0.05) is 31.5 Å². The fourth-order valence-corrected chi connectivity index (χ4v) is 2.53. The van der Waals surface area contributed by atoms with Crippen molar-refractivity contribution in [3.8, 4) is 6.07 Å². The molecule has 0 spiro atoms. The number of nitrogens with zero attached hydrogens (tertiary/aromatic N) is 1. The van der Waals surface area contributed by atoms with Gasteiger partial charge in [0, 0.05) is 10.8 Å². The van der Waals surface area contributed by atoms with Crippen molar-refractivity contribution >= 4 is 23.4 Å². The first-order chi connectivity index (χ1) is 7.13. The van der Waals surface area contributed by atoms with Crippen molar-refractivity contribution in [2.24, 2.45) is 5.92 Å². The molecule has 0 radical (unpaired) electrons. The molecule has 0 N–H and O–H groups in total. The molecule has 0 bridgehead atoms. The van der Waals surface area contributed by atoms with E-state index in [0.717, 1.165) is 17.1 Å². The third-order valence-electron chi connectivity index (χ3n) is 1.89. The molecule has 0 fully saturated rings. The highest BCUT2D eigenvalue weighted by Gasteiger charge is 2.02. The maximum absolute atomic E-state index is 8.69. The highest BCUT2D eigenvalue weighted by atomic mass is 35.5. The lowest BCUT2D eigenvalue weighted by atomic mass is 10.2. The fraction of sp³-hybridized carbons (Fsp3) is 0.417. The van der Waals surface area contributed by atoms with Crippen molar-refractivity contribution in [2.45, 2.75) is 19.6 Å². The van der Waals surface area contributed by atoms with Gasteiger partial charge in [-0.25, -0.2) is 0 Å². The second-order valence-electron chi connectivity index (χ2n) is 3.83. The largest absolute Gasteiger partial charge is 0.192 e. The van der Waals surface area contributed by atoms with E-state index in [1.807, 2.05) is 23.9 Å². The maximum Gasteiger partial charge on any atom is 0.0992 e. The summed E-state index contributed by atoms with van der Waals surface area (Å²) in [5, 5.41) is 9.39. The van der Waals surface area contributed by atoms with Crippen LogP contribution in [0.5, 0.6) is 0 Å². The molecule has 1 nitrogen and oxygen atoms in total. The van der Waals surface area contributed by atoms with Crippen LogP contribution < -0.4 is 0 Å². The Balaban J connectivity index is 2.59. The Morgan fingerprint density at radius 3 is 2.73 bits per heavy atom. The number of hydrogen-bond donors (Lipinski definition) is 0. The standard InChI is InChI=1S/C12H14ClNS/c1-9(2)7-15-8-11-4-3-10(6-14)5-12(11)13/h3-5,9H,7-8H2,1-2H3. The van der Waals surface area contributed by atoms with E-state index in [-0.39, 0.29) is 0 Å².